The molecule has 0 saturated carbocycles. The van der Waals surface area contributed by atoms with E-state index in [1.807, 2.05) is 0 Å². The van der Waals surface area contributed by atoms with E-state index in [0.29, 0.717) is 28.2 Å². The van der Waals surface area contributed by atoms with Crippen molar-refractivity contribution in [1.82, 2.24) is 4.98 Å². The monoisotopic (exact) mass is 291 g/mol. The van der Waals surface area contributed by atoms with Crippen LogP contribution in [0.1, 0.15) is 15.4 Å². The smallest absolute Gasteiger partial charge is 0.298 e. The van der Waals surface area contributed by atoms with Gasteiger partial charge in [-0.15, -0.1) is 11.3 Å². The molecule has 7 heteroatoms. The van der Waals surface area contributed by atoms with Crippen molar-refractivity contribution in [3.05, 3.63) is 40.0 Å². The molecule has 1 aromatic carbocycles. The van der Waals surface area contributed by atoms with Gasteiger partial charge in [0.15, 0.2) is 11.3 Å². The molecule has 0 aliphatic rings. The second-order valence-electron chi connectivity index (χ2n) is 3.38. The maximum Gasteiger partial charge on any atom is 0.443 e. The maximum absolute atomic E-state index is 12.4. The molecule has 0 saturated heterocycles. The highest BCUT2D eigenvalue weighted by molar-refractivity contribution is 7.15. The molecule has 0 bridgehead atoms. The van der Waals surface area contributed by atoms with E-state index in [1.54, 1.807) is 0 Å². The average molecular weight is 292 g/mol. The summed E-state index contributed by atoms with van der Waals surface area (Å²) in [6.45, 7) is 0. The Hall–Kier alpha value is -1.40. The van der Waals surface area contributed by atoms with Gasteiger partial charge in [-0.1, -0.05) is 17.7 Å². The summed E-state index contributed by atoms with van der Waals surface area (Å²) in [5, 5.41) is -0.592. The van der Waals surface area contributed by atoms with Crippen molar-refractivity contribution >= 4 is 29.2 Å². The molecule has 0 aliphatic heterocycles. The molecule has 0 N–H and O–H groups in total. The molecule has 1 heterocycles. The van der Waals surface area contributed by atoms with E-state index in [4.69, 9.17) is 11.6 Å². The molecule has 0 radical (unpaired) electrons. The molecule has 0 fully saturated rings. The van der Waals surface area contributed by atoms with E-state index in [2.05, 4.69) is 4.98 Å². The van der Waals surface area contributed by atoms with Crippen LogP contribution in [0.25, 0.3) is 10.4 Å². The van der Waals surface area contributed by atoms with Gasteiger partial charge in [0, 0.05) is 22.3 Å². The highest BCUT2D eigenvalue weighted by atomic mass is 35.5. The summed E-state index contributed by atoms with van der Waals surface area (Å²) in [4.78, 5) is 14.4. The molecule has 2 rings (SSSR count). The van der Waals surface area contributed by atoms with Gasteiger partial charge in [0.2, 0.25) is 0 Å². The predicted octanol–water partition coefficient (Wildman–Crippen LogP) is 4.29. The Kier molecular flexibility index (Phi) is 3.41. The molecule has 2 nitrogen and oxygen atoms in total. The lowest BCUT2D eigenvalue weighted by Crippen LogP contribution is -2.02. The summed E-state index contributed by atoms with van der Waals surface area (Å²) < 4.78 is 37.3. The summed E-state index contributed by atoms with van der Waals surface area (Å²) in [5.74, 6) is 0. The van der Waals surface area contributed by atoms with Gasteiger partial charge in [-0.3, -0.25) is 4.79 Å². The van der Waals surface area contributed by atoms with Gasteiger partial charge in [0.05, 0.1) is 4.88 Å². The van der Waals surface area contributed by atoms with Gasteiger partial charge in [-0.25, -0.2) is 4.98 Å². The topological polar surface area (TPSA) is 30.0 Å². The lowest BCUT2D eigenvalue weighted by Gasteiger charge is -2.02. The van der Waals surface area contributed by atoms with Crippen LogP contribution in [0, 0.1) is 0 Å². The van der Waals surface area contributed by atoms with Crippen molar-refractivity contribution in [2.75, 3.05) is 0 Å². The van der Waals surface area contributed by atoms with E-state index < -0.39 is 11.2 Å². The molecule has 0 atom stereocenters. The first-order valence-corrected chi connectivity index (χ1v) is 5.89. The zero-order chi connectivity index (χ0) is 13.3. The van der Waals surface area contributed by atoms with Crippen LogP contribution in [0.4, 0.5) is 13.2 Å². The number of thiazole rings is 1. The van der Waals surface area contributed by atoms with Gasteiger partial charge in [0.25, 0.3) is 0 Å². The molecule has 0 unspecified atom stereocenters. The number of aromatic nitrogens is 1. The Morgan fingerprint density at radius 3 is 2.61 bits per heavy atom. The van der Waals surface area contributed by atoms with Crippen LogP contribution in [-0.4, -0.2) is 11.3 Å². The second kappa shape index (κ2) is 4.70. The Morgan fingerprint density at radius 1 is 1.33 bits per heavy atom. The van der Waals surface area contributed by atoms with Crippen molar-refractivity contribution in [3.8, 4) is 10.4 Å². The van der Waals surface area contributed by atoms with Crippen molar-refractivity contribution in [2.45, 2.75) is 6.18 Å². The molecular weight excluding hydrogens is 287 g/mol. The highest BCUT2D eigenvalue weighted by Gasteiger charge is 2.34. The van der Waals surface area contributed by atoms with Gasteiger partial charge < -0.3 is 0 Å². The van der Waals surface area contributed by atoms with E-state index in [9.17, 15) is 18.0 Å². The standard InChI is InChI=1S/C11H5ClF3NOS/c12-7-1-2-8(6(3-7)5-17)9-4-16-10(18-9)11(13,14)15/h1-5H. The number of carbonyl (C=O) groups excluding carboxylic acids is 1. The number of hydrogen-bond donors (Lipinski definition) is 0. The first kappa shape index (κ1) is 13.0. The summed E-state index contributed by atoms with van der Waals surface area (Å²) in [7, 11) is 0. The lowest BCUT2D eigenvalue weighted by molar-refractivity contribution is -0.137. The number of hydrogen-bond acceptors (Lipinski definition) is 3. The number of benzene rings is 1. The van der Waals surface area contributed by atoms with Gasteiger partial charge in [0.1, 0.15) is 0 Å². The second-order valence-corrected chi connectivity index (χ2v) is 4.84. The van der Waals surface area contributed by atoms with Crippen LogP contribution in [0.2, 0.25) is 5.02 Å². The van der Waals surface area contributed by atoms with Crippen molar-refractivity contribution in [1.29, 1.82) is 0 Å². The number of alkyl halides is 3. The largest absolute Gasteiger partial charge is 0.443 e. The molecule has 2 aromatic rings. The molecule has 0 amide bonds. The first-order valence-electron chi connectivity index (χ1n) is 4.70. The van der Waals surface area contributed by atoms with Crippen LogP contribution in [-0.2, 0) is 6.18 Å². The summed E-state index contributed by atoms with van der Waals surface area (Å²) in [6.07, 6.45) is -2.82. The fourth-order valence-electron chi connectivity index (χ4n) is 1.39. The SMILES string of the molecule is O=Cc1cc(Cl)ccc1-c1cnc(C(F)(F)F)s1. The van der Waals surface area contributed by atoms with E-state index in [-0.39, 0.29) is 10.4 Å². The third kappa shape index (κ3) is 2.54. The number of carbonyl (C=O) groups is 1. The van der Waals surface area contributed by atoms with Crippen LogP contribution < -0.4 is 0 Å². The Bertz CT molecular complexity index is 594. The molecule has 0 aliphatic carbocycles. The number of nitrogens with zero attached hydrogens (tertiary/aromatic N) is 1. The van der Waals surface area contributed by atoms with Gasteiger partial charge in [-0.05, 0) is 12.1 Å². The van der Waals surface area contributed by atoms with E-state index in [1.165, 1.54) is 18.2 Å². The Morgan fingerprint density at radius 2 is 2.06 bits per heavy atom. The van der Waals surface area contributed by atoms with Crippen LogP contribution in [0.5, 0.6) is 0 Å². The Labute approximate surface area is 109 Å². The molecular formula is C11H5ClF3NOS. The normalized spacial score (nSPS) is 11.6. The molecule has 1 aromatic heterocycles. The minimum atomic E-state index is -4.48. The van der Waals surface area contributed by atoms with E-state index in [0.717, 1.165) is 6.20 Å². The minimum Gasteiger partial charge on any atom is -0.298 e. The van der Waals surface area contributed by atoms with Gasteiger partial charge >= 0.3 is 6.18 Å². The summed E-state index contributed by atoms with van der Waals surface area (Å²) in [5.41, 5.74) is 0.627. The molecule has 94 valence electrons. The molecule has 0 spiro atoms. The lowest BCUT2D eigenvalue weighted by atomic mass is 10.1. The van der Waals surface area contributed by atoms with Crippen LogP contribution in [0.3, 0.4) is 0 Å². The van der Waals surface area contributed by atoms with Crippen molar-refractivity contribution in [2.24, 2.45) is 0 Å². The Balaban J connectivity index is 2.49. The third-order valence-corrected chi connectivity index (χ3v) is 3.46. The average Bonchev–Trinajstić information content (AvgIpc) is 2.77. The van der Waals surface area contributed by atoms with Crippen molar-refractivity contribution < 1.29 is 18.0 Å². The highest BCUT2D eigenvalue weighted by Crippen LogP contribution is 2.37. The van der Waals surface area contributed by atoms with Crippen LogP contribution in [0.15, 0.2) is 24.4 Å². The maximum atomic E-state index is 12.4. The summed E-state index contributed by atoms with van der Waals surface area (Å²) in [6, 6.07) is 4.41. The number of halogens is 4. The summed E-state index contributed by atoms with van der Waals surface area (Å²) >= 11 is 6.20. The fourth-order valence-corrected chi connectivity index (χ4v) is 2.40. The zero-order valence-corrected chi connectivity index (χ0v) is 10.2. The quantitative estimate of drug-likeness (QED) is 0.772. The minimum absolute atomic E-state index is 0.236. The third-order valence-electron chi connectivity index (χ3n) is 2.15. The van der Waals surface area contributed by atoms with Gasteiger partial charge in [-0.2, -0.15) is 13.2 Å². The van der Waals surface area contributed by atoms with Crippen molar-refractivity contribution in [3.63, 3.8) is 0 Å². The first-order chi connectivity index (χ1) is 8.41. The number of rotatable bonds is 2. The van der Waals surface area contributed by atoms with Crippen LogP contribution >= 0.6 is 22.9 Å². The van der Waals surface area contributed by atoms with E-state index >= 15 is 0 Å². The fraction of sp³-hybridized carbons (Fsp3) is 0.0909. The number of aldehydes is 1. The molecule has 18 heavy (non-hydrogen) atoms. The zero-order valence-electron chi connectivity index (χ0n) is 8.66. The predicted molar refractivity (Wildman–Crippen MR) is 62.9 cm³/mol.